The molecule has 0 unspecified atom stereocenters. The topological polar surface area (TPSA) is 59.0 Å². The number of fused-ring (bicyclic) bond motifs is 1. The van der Waals surface area contributed by atoms with Crippen LogP contribution in [-0.2, 0) is 0 Å². The van der Waals surface area contributed by atoms with Crippen LogP contribution in [0.1, 0.15) is 41.6 Å². The van der Waals surface area contributed by atoms with Crippen molar-refractivity contribution in [1.29, 1.82) is 0 Å². The van der Waals surface area contributed by atoms with Crippen LogP contribution in [0.4, 0.5) is 0 Å². The maximum absolute atomic E-state index is 12.6. The molecule has 134 valence electrons. The SMILES string of the molecule is Cc1nn(-c2ccccc2)c2sc(C(=O)NNC3=C[C@H](C)CCC3)cc12. The van der Waals surface area contributed by atoms with E-state index in [0.29, 0.717) is 10.8 Å². The molecule has 2 aromatic heterocycles. The van der Waals surface area contributed by atoms with Crippen LogP contribution in [0, 0.1) is 12.8 Å². The fraction of sp³-hybridized carbons (Fsp3) is 0.300. The largest absolute Gasteiger partial charge is 0.303 e. The summed E-state index contributed by atoms with van der Waals surface area (Å²) in [6.45, 7) is 4.18. The molecule has 0 saturated carbocycles. The summed E-state index contributed by atoms with van der Waals surface area (Å²) in [5.74, 6) is 0.455. The van der Waals surface area contributed by atoms with Gasteiger partial charge in [-0.3, -0.25) is 10.2 Å². The minimum atomic E-state index is -0.107. The second kappa shape index (κ2) is 6.96. The molecule has 3 aromatic rings. The van der Waals surface area contributed by atoms with Crippen molar-refractivity contribution in [3.05, 3.63) is 58.7 Å². The minimum Gasteiger partial charge on any atom is -0.303 e. The average molecular weight is 366 g/mol. The van der Waals surface area contributed by atoms with E-state index in [1.165, 1.54) is 17.8 Å². The fourth-order valence-corrected chi connectivity index (χ4v) is 4.41. The van der Waals surface area contributed by atoms with Gasteiger partial charge in [-0.25, -0.2) is 4.68 Å². The predicted molar refractivity (Wildman–Crippen MR) is 105 cm³/mol. The lowest BCUT2D eigenvalue weighted by molar-refractivity contribution is 0.0942. The average Bonchev–Trinajstić information content (AvgIpc) is 3.21. The number of hydrogen-bond acceptors (Lipinski definition) is 4. The Kier molecular flexibility index (Phi) is 4.51. The van der Waals surface area contributed by atoms with Gasteiger partial charge in [-0.05, 0) is 50.3 Å². The Labute approximate surface area is 156 Å². The van der Waals surface area contributed by atoms with Crippen molar-refractivity contribution in [2.24, 2.45) is 5.92 Å². The van der Waals surface area contributed by atoms with Gasteiger partial charge < -0.3 is 5.43 Å². The first-order valence-corrected chi connectivity index (χ1v) is 9.75. The summed E-state index contributed by atoms with van der Waals surface area (Å²) in [6, 6.07) is 11.9. The normalized spacial score (nSPS) is 17.2. The molecule has 6 heteroatoms. The first kappa shape index (κ1) is 16.8. The molecule has 1 aliphatic rings. The molecule has 1 atom stereocenters. The third-order valence-corrected chi connectivity index (χ3v) is 5.81. The highest BCUT2D eigenvalue weighted by molar-refractivity contribution is 7.20. The van der Waals surface area contributed by atoms with Crippen molar-refractivity contribution in [2.45, 2.75) is 33.1 Å². The number of amides is 1. The van der Waals surface area contributed by atoms with E-state index in [4.69, 9.17) is 0 Å². The van der Waals surface area contributed by atoms with Crippen molar-refractivity contribution in [2.75, 3.05) is 0 Å². The Morgan fingerprint density at radius 3 is 2.88 bits per heavy atom. The quantitative estimate of drug-likeness (QED) is 0.676. The lowest BCUT2D eigenvalue weighted by Gasteiger charge is -2.19. The minimum absolute atomic E-state index is 0.107. The number of aryl methyl sites for hydroxylation is 1. The molecular weight excluding hydrogens is 344 g/mol. The van der Waals surface area contributed by atoms with Gasteiger partial charge in [-0.15, -0.1) is 11.3 Å². The van der Waals surface area contributed by atoms with Gasteiger partial charge in [0.15, 0.2) is 0 Å². The number of para-hydroxylation sites is 1. The van der Waals surface area contributed by atoms with Crippen LogP contribution in [0.15, 0.2) is 48.2 Å². The number of aromatic nitrogens is 2. The number of carbonyl (C=O) groups excluding carboxylic acids is 1. The monoisotopic (exact) mass is 366 g/mol. The Balaban J connectivity index is 1.56. The van der Waals surface area contributed by atoms with E-state index < -0.39 is 0 Å². The first-order valence-electron chi connectivity index (χ1n) is 8.93. The van der Waals surface area contributed by atoms with Crippen molar-refractivity contribution in [3.63, 3.8) is 0 Å². The van der Waals surface area contributed by atoms with Gasteiger partial charge in [0.05, 0.1) is 16.3 Å². The Bertz CT molecular complexity index is 971. The second-order valence-electron chi connectivity index (χ2n) is 6.80. The molecule has 5 nitrogen and oxygen atoms in total. The van der Waals surface area contributed by atoms with Gasteiger partial charge in [0.2, 0.25) is 0 Å². The molecule has 0 bridgehead atoms. The van der Waals surface area contributed by atoms with Crippen LogP contribution in [0.2, 0.25) is 0 Å². The third kappa shape index (κ3) is 3.24. The molecule has 0 fully saturated rings. The number of carbonyl (C=O) groups is 1. The summed E-state index contributed by atoms with van der Waals surface area (Å²) < 4.78 is 1.91. The molecule has 1 aliphatic carbocycles. The molecule has 2 heterocycles. The number of thiophene rings is 1. The lowest BCUT2D eigenvalue weighted by Crippen LogP contribution is -2.37. The molecule has 0 saturated heterocycles. The molecule has 0 aliphatic heterocycles. The molecule has 2 N–H and O–H groups in total. The second-order valence-corrected chi connectivity index (χ2v) is 7.83. The fourth-order valence-electron chi connectivity index (χ4n) is 3.33. The number of rotatable bonds is 4. The number of hydrogen-bond donors (Lipinski definition) is 2. The van der Waals surface area contributed by atoms with E-state index in [2.05, 4.69) is 29.0 Å². The van der Waals surface area contributed by atoms with Gasteiger partial charge >= 0.3 is 0 Å². The number of hydrazine groups is 1. The Morgan fingerprint density at radius 2 is 2.12 bits per heavy atom. The standard InChI is InChI=1S/C20H22N4OS/c1-13-7-6-8-15(11-13)21-22-19(25)18-12-17-14(2)23-24(20(17)26-18)16-9-4-3-5-10-16/h3-5,9-13,21H,6-8H2,1-2H3,(H,22,25)/t13-/m1/s1. The zero-order chi connectivity index (χ0) is 18.1. The van der Waals surface area contributed by atoms with Crippen LogP contribution >= 0.6 is 11.3 Å². The van der Waals surface area contributed by atoms with Crippen LogP contribution in [0.3, 0.4) is 0 Å². The van der Waals surface area contributed by atoms with Gasteiger partial charge in [0, 0.05) is 11.1 Å². The van der Waals surface area contributed by atoms with Crippen LogP contribution in [-0.4, -0.2) is 15.7 Å². The lowest BCUT2D eigenvalue weighted by atomic mass is 9.96. The van der Waals surface area contributed by atoms with Crippen molar-refractivity contribution in [1.82, 2.24) is 20.6 Å². The third-order valence-electron chi connectivity index (χ3n) is 4.70. The summed E-state index contributed by atoms with van der Waals surface area (Å²) in [7, 11) is 0. The van der Waals surface area contributed by atoms with Gasteiger partial charge in [0.1, 0.15) is 4.83 Å². The highest BCUT2D eigenvalue weighted by Crippen LogP contribution is 2.30. The molecule has 1 aromatic carbocycles. The smallest absolute Gasteiger partial charge is 0.279 e. The summed E-state index contributed by atoms with van der Waals surface area (Å²) in [6.07, 6.45) is 5.56. The van der Waals surface area contributed by atoms with E-state index in [1.54, 1.807) is 0 Å². The van der Waals surface area contributed by atoms with Crippen LogP contribution in [0.25, 0.3) is 15.9 Å². The first-order chi connectivity index (χ1) is 12.6. The molecule has 4 rings (SSSR count). The number of nitrogens with one attached hydrogen (secondary N) is 2. The van der Waals surface area contributed by atoms with Crippen molar-refractivity contribution >= 4 is 27.5 Å². The summed E-state index contributed by atoms with van der Waals surface area (Å²) in [5, 5.41) is 5.64. The zero-order valence-electron chi connectivity index (χ0n) is 15.0. The Morgan fingerprint density at radius 1 is 1.31 bits per heavy atom. The van der Waals surface area contributed by atoms with Crippen molar-refractivity contribution < 1.29 is 4.79 Å². The van der Waals surface area contributed by atoms with Gasteiger partial charge in [0.25, 0.3) is 5.91 Å². The van der Waals surface area contributed by atoms with E-state index in [9.17, 15) is 4.79 Å². The maximum Gasteiger partial charge on any atom is 0.279 e. The van der Waals surface area contributed by atoms with E-state index in [1.807, 2.05) is 48.0 Å². The summed E-state index contributed by atoms with van der Waals surface area (Å²) in [4.78, 5) is 14.2. The molecule has 0 spiro atoms. The summed E-state index contributed by atoms with van der Waals surface area (Å²) in [5.41, 5.74) is 8.96. The molecule has 26 heavy (non-hydrogen) atoms. The van der Waals surface area contributed by atoms with Gasteiger partial charge in [-0.1, -0.05) is 31.2 Å². The van der Waals surface area contributed by atoms with Crippen LogP contribution < -0.4 is 10.9 Å². The van der Waals surface area contributed by atoms with E-state index in [-0.39, 0.29) is 5.91 Å². The summed E-state index contributed by atoms with van der Waals surface area (Å²) >= 11 is 1.46. The Hall–Kier alpha value is -2.60. The molecular formula is C20H22N4OS. The maximum atomic E-state index is 12.6. The molecule has 0 radical (unpaired) electrons. The predicted octanol–water partition coefficient (Wildman–Crippen LogP) is 4.33. The zero-order valence-corrected chi connectivity index (χ0v) is 15.8. The number of allylic oxidation sites excluding steroid dienone is 2. The van der Waals surface area contributed by atoms with Crippen LogP contribution in [0.5, 0.6) is 0 Å². The van der Waals surface area contributed by atoms with E-state index >= 15 is 0 Å². The highest BCUT2D eigenvalue weighted by Gasteiger charge is 2.17. The molecule has 1 amide bonds. The van der Waals surface area contributed by atoms with E-state index in [0.717, 1.165) is 40.1 Å². The highest BCUT2D eigenvalue weighted by atomic mass is 32.1. The van der Waals surface area contributed by atoms with Gasteiger partial charge in [-0.2, -0.15) is 5.10 Å². The van der Waals surface area contributed by atoms with Crippen molar-refractivity contribution in [3.8, 4) is 5.69 Å². The number of nitrogens with zero attached hydrogens (tertiary/aromatic N) is 2. The number of benzene rings is 1.